The normalized spacial score (nSPS) is 14.6. The van der Waals surface area contributed by atoms with Crippen LogP contribution < -0.4 is 0 Å². The van der Waals surface area contributed by atoms with Crippen molar-refractivity contribution in [1.82, 2.24) is 0 Å². The molecule has 0 spiro atoms. The molecule has 2 aromatic carbocycles. The first kappa shape index (κ1) is 12.3. The van der Waals surface area contributed by atoms with Gasteiger partial charge in [-0.05, 0) is 12.1 Å². The molecule has 6 heteroatoms. The zero-order valence-electron chi connectivity index (χ0n) is 10.2. The number of carbonyl (C=O) groups excluding carboxylic acids is 2. The number of fused-ring (bicyclic) bond motifs is 2. The highest BCUT2D eigenvalue weighted by atomic mass is 16.3. The second-order valence-electron chi connectivity index (χ2n) is 4.65. The first-order valence-corrected chi connectivity index (χ1v) is 5.92. The molecule has 0 aliphatic heterocycles. The van der Waals surface area contributed by atoms with Crippen LogP contribution in [0.5, 0.6) is 23.0 Å². The van der Waals surface area contributed by atoms with E-state index in [-0.39, 0.29) is 34.7 Å². The molecular weight excluding hydrogens is 264 g/mol. The van der Waals surface area contributed by atoms with Crippen molar-refractivity contribution in [3.63, 3.8) is 0 Å². The van der Waals surface area contributed by atoms with E-state index in [9.17, 15) is 30.0 Å². The van der Waals surface area contributed by atoms with Crippen LogP contribution in [0.3, 0.4) is 0 Å². The second kappa shape index (κ2) is 3.86. The molecule has 0 heterocycles. The number of phenolic OH excluding ortho intramolecular Hbond substituents is 4. The molecule has 0 atom stereocenters. The van der Waals surface area contributed by atoms with Gasteiger partial charge in [0.1, 0.15) is 23.0 Å². The average molecular weight is 274 g/mol. The highest BCUT2D eigenvalue weighted by Gasteiger charge is 2.33. The van der Waals surface area contributed by atoms with Crippen LogP contribution in [0.1, 0.15) is 33.6 Å². The minimum absolute atomic E-state index is 0.0656. The van der Waals surface area contributed by atoms with Gasteiger partial charge in [-0.15, -0.1) is 0 Å². The van der Waals surface area contributed by atoms with Gasteiger partial charge in [-0.25, -0.2) is 0 Å². The number of ketones is 2. The van der Waals surface area contributed by atoms with Crippen molar-refractivity contribution >= 4 is 22.3 Å². The van der Waals surface area contributed by atoms with Crippen LogP contribution in [-0.2, 0) is 0 Å². The Hall–Kier alpha value is -2.76. The summed E-state index contributed by atoms with van der Waals surface area (Å²) in [5.74, 6) is -2.98. The molecule has 0 radical (unpaired) electrons. The summed E-state index contributed by atoms with van der Waals surface area (Å²) in [4.78, 5) is 23.8. The van der Waals surface area contributed by atoms with Gasteiger partial charge < -0.3 is 20.4 Å². The molecule has 6 nitrogen and oxygen atoms in total. The summed E-state index contributed by atoms with van der Waals surface area (Å²) >= 11 is 0. The maximum Gasteiger partial charge on any atom is 0.167 e. The average Bonchev–Trinajstić information content (AvgIpc) is 2.41. The van der Waals surface area contributed by atoms with Gasteiger partial charge in [-0.2, -0.15) is 0 Å². The Bertz CT molecular complexity index is 724. The van der Waals surface area contributed by atoms with Gasteiger partial charge in [0.2, 0.25) is 0 Å². The van der Waals surface area contributed by atoms with E-state index in [1.54, 1.807) is 0 Å². The Balaban J connectivity index is 2.61. The third-order valence-electron chi connectivity index (χ3n) is 3.50. The molecule has 0 aromatic heterocycles. The molecule has 20 heavy (non-hydrogen) atoms. The molecule has 4 N–H and O–H groups in total. The molecule has 0 bridgehead atoms. The Morgan fingerprint density at radius 3 is 1.40 bits per heavy atom. The van der Waals surface area contributed by atoms with Crippen molar-refractivity contribution in [1.29, 1.82) is 0 Å². The van der Waals surface area contributed by atoms with E-state index in [1.807, 2.05) is 0 Å². The largest absolute Gasteiger partial charge is 0.507 e. The second-order valence-corrected chi connectivity index (χ2v) is 4.65. The molecule has 1 aliphatic rings. The number of benzene rings is 2. The maximum atomic E-state index is 11.9. The summed E-state index contributed by atoms with van der Waals surface area (Å²) in [5, 5.41) is 39.4. The lowest BCUT2D eigenvalue weighted by Crippen LogP contribution is -2.17. The SMILES string of the molecule is O=C1CCC(=O)c2c1c(O)c1c(O)ccc(O)c1c2O. The number of rotatable bonds is 0. The molecule has 0 amide bonds. The predicted octanol–water partition coefficient (Wildman–Crippen LogP) is 1.82. The molecule has 3 rings (SSSR count). The van der Waals surface area contributed by atoms with E-state index >= 15 is 0 Å². The third-order valence-corrected chi connectivity index (χ3v) is 3.50. The number of phenols is 4. The fourth-order valence-electron chi connectivity index (χ4n) is 2.57. The molecule has 0 fully saturated rings. The number of Topliss-reactive ketones (excluding diaryl/α,β-unsaturated/α-hetero) is 2. The van der Waals surface area contributed by atoms with Crippen LogP contribution in [-0.4, -0.2) is 32.0 Å². The van der Waals surface area contributed by atoms with Gasteiger partial charge in [0.15, 0.2) is 11.6 Å². The lowest BCUT2D eigenvalue weighted by Gasteiger charge is -2.19. The van der Waals surface area contributed by atoms with Crippen LogP contribution >= 0.6 is 0 Å². The summed E-state index contributed by atoms with van der Waals surface area (Å²) in [6.07, 6.45) is -0.131. The zero-order chi connectivity index (χ0) is 14.6. The Labute approximate surface area is 112 Å². The van der Waals surface area contributed by atoms with Gasteiger partial charge in [-0.3, -0.25) is 9.59 Å². The Morgan fingerprint density at radius 1 is 0.700 bits per heavy atom. The van der Waals surface area contributed by atoms with E-state index in [4.69, 9.17) is 0 Å². The van der Waals surface area contributed by atoms with Crippen molar-refractivity contribution in [3.05, 3.63) is 23.3 Å². The quantitative estimate of drug-likeness (QED) is 0.545. The monoisotopic (exact) mass is 274 g/mol. The van der Waals surface area contributed by atoms with Gasteiger partial charge >= 0.3 is 0 Å². The van der Waals surface area contributed by atoms with Crippen LogP contribution in [0.15, 0.2) is 12.1 Å². The number of hydrogen-bond donors (Lipinski definition) is 4. The standard InChI is InChI=1S/C14H10O6/c15-5-1-2-6(16)10-9(5)13(19)11-7(17)3-4-8(18)12(11)14(10)20/h1-2,15-16,19-20H,3-4H2. The molecule has 2 aromatic rings. The predicted molar refractivity (Wildman–Crippen MR) is 68.5 cm³/mol. The lowest BCUT2D eigenvalue weighted by molar-refractivity contribution is 0.0885. The summed E-state index contributed by atoms with van der Waals surface area (Å²) < 4.78 is 0. The summed E-state index contributed by atoms with van der Waals surface area (Å²) in [6.45, 7) is 0. The fraction of sp³-hybridized carbons (Fsp3) is 0.143. The molecular formula is C14H10O6. The van der Waals surface area contributed by atoms with E-state index < -0.39 is 34.6 Å². The highest BCUT2D eigenvalue weighted by molar-refractivity contribution is 6.22. The van der Waals surface area contributed by atoms with Crippen molar-refractivity contribution in [2.24, 2.45) is 0 Å². The topological polar surface area (TPSA) is 115 Å². The number of aromatic hydroxyl groups is 4. The van der Waals surface area contributed by atoms with Gasteiger partial charge in [0, 0.05) is 12.8 Å². The highest BCUT2D eigenvalue weighted by Crippen LogP contribution is 2.48. The molecule has 1 aliphatic carbocycles. The van der Waals surface area contributed by atoms with Crippen LogP contribution in [0, 0.1) is 0 Å². The fourth-order valence-corrected chi connectivity index (χ4v) is 2.57. The van der Waals surface area contributed by atoms with Crippen molar-refractivity contribution in [2.45, 2.75) is 12.8 Å². The lowest BCUT2D eigenvalue weighted by atomic mass is 9.85. The van der Waals surface area contributed by atoms with Crippen molar-refractivity contribution in [3.8, 4) is 23.0 Å². The minimum atomic E-state index is -0.598. The summed E-state index contributed by atoms with van der Waals surface area (Å²) in [5.41, 5.74) is -0.598. The molecule has 0 saturated carbocycles. The summed E-state index contributed by atoms with van der Waals surface area (Å²) in [7, 11) is 0. The van der Waals surface area contributed by atoms with Gasteiger partial charge in [0.05, 0.1) is 21.9 Å². The Kier molecular flexibility index (Phi) is 2.37. The summed E-state index contributed by atoms with van der Waals surface area (Å²) in [6, 6.07) is 2.25. The molecule has 102 valence electrons. The van der Waals surface area contributed by atoms with E-state index in [0.29, 0.717) is 0 Å². The van der Waals surface area contributed by atoms with Crippen LogP contribution in [0.25, 0.3) is 10.8 Å². The number of carbonyl (C=O) groups is 2. The molecule has 0 unspecified atom stereocenters. The van der Waals surface area contributed by atoms with E-state index in [2.05, 4.69) is 0 Å². The van der Waals surface area contributed by atoms with Gasteiger partial charge in [-0.1, -0.05) is 0 Å². The van der Waals surface area contributed by atoms with Crippen LogP contribution in [0.4, 0.5) is 0 Å². The zero-order valence-corrected chi connectivity index (χ0v) is 10.2. The van der Waals surface area contributed by atoms with E-state index in [0.717, 1.165) is 12.1 Å². The van der Waals surface area contributed by atoms with Crippen molar-refractivity contribution < 1.29 is 30.0 Å². The van der Waals surface area contributed by atoms with Gasteiger partial charge in [0.25, 0.3) is 0 Å². The smallest absolute Gasteiger partial charge is 0.167 e. The van der Waals surface area contributed by atoms with Crippen LogP contribution in [0.2, 0.25) is 0 Å². The molecule has 0 saturated heterocycles. The number of hydrogen-bond acceptors (Lipinski definition) is 6. The van der Waals surface area contributed by atoms with E-state index in [1.165, 1.54) is 0 Å². The van der Waals surface area contributed by atoms with Crippen molar-refractivity contribution in [2.75, 3.05) is 0 Å². The third kappa shape index (κ3) is 1.38. The maximum absolute atomic E-state index is 11.9. The first-order chi connectivity index (χ1) is 9.43. The minimum Gasteiger partial charge on any atom is -0.507 e. The first-order valence-electron chi connectivity index (χ1n) is 5.92. The Morgan fingerprint density at radius 2 is 1.05 bits per heavy atom.